The Morgan fingerprint density at radius 3 is 2.53 bits per heavy atom. The van der Waals surface area contributed by atoms with Crippen molar-refractivity contribution in [3.63, 3.8) is 0 Å². The lowest BCUT2D eigenvalue weighted by Gasteiger charge is -2.38. The van der Waals surface area contributed by atoms with Crippen LogP contribution in [0.2, 0.25) is 0 Å². The second-order valence-corrected chi connectivity index (χ2v) is 9.63. The Kier molecular flexibility index (Phi) is 8.64. The van der Waals surface area contributed by atoms with E-state index in [0.29, 0.717) is 12.1 Å². The molecule has 2 aromatic carbocycles. The lowest BCUT2D eigenvalue weighted by atomic mass is 9.89. The normalized spacial score (nSPS) is 22.8. The first-order chi connectivity index (χ1) is 17.3. The third kappa shape index (κ3) is 7.07. The molecule has 4 rings (SSSR count). The Balaban J connectivity index is 1.23. The maximum atomic E-state index is 12.9. The Bertz CT molecular complexity index is 1030. The third-order valence-corrected chi connectivity index (χ3v) is 7.06. The van der Waals surface area contributed by atoms with Crippen LogP contribution in [0.5, 0.6) is 0 Å². The SMILES string of the molecule is O=C(CNC(=O)c1cccc(C(F)(F)F)c1)NC1CCN(C2CCCCC2NCc2ccccc2)C1. The van der Waals surface area contributed by atoms with Gasteiger partial charge < -0.3 is 16.0 Å². The van der Waals surface area contributed by atoms with Gasteiger partial charge in [0, 0.05) is 43.3 Å². The first-order valence-electron chi connectivity index (χ1n) is 12.6. The largest absolute Gasteiger partial charge is 0.416 e. The van der Waals surface area contributed by atoms with E-state index in [2.05, 4.69) is 33.0 Å². The maximum absolute atomic E-state index is 12.9. The molecule has 0 spiro atoms. The van der Waals surface area contributed by atoms with Crippen molar-refractivity contribution in [2.75, 3.05) is 19.6 Å². The minimum Gasteiger partial charge on any atom is -0.350 e. The summed E-state index contributed by atoms with van der Waals surface area (Å²) in [5, 5.41) is 9.13. The van der Waals surface area contributed by atoms with Crippen LogP contribution in [0, 0.1) is 0 Å². The number of hydrogen-bond donors (Lipinski definition) is 3. The van der Waals surface area contributed by atoms with Gasteiger partial charge in [-0.05, 0) is 43.0 Å². The fourth-order valence-electron chi connectivity index (χ4n) is 5.22. The fraction of sp³-hybridized carbons (Fsp3) is 0.481. The first kappa shape index (κ1) is 26.2. The highest BCUT2D eigenvalue weighted by Crippen LogP contribution is 2.29. The molecule has 3 atom stereocenters. The van der Waals surface area contributed by atoms with Crippen molar-refractivity contribution in [2.45, 2.75) is 63.0 Å². The molecule has 1 saturated carbocycles. The summed E-state index contributed by atoms with van der Waals surface area (Å²) in [6.45, 7) is 2.20. The smallest absolute Gasteiger partial charge is 0.350 e. The van der Waals surface area contributed by atoms with Crippen LogP contribution in [0.15, 0.2) is 54.6 Å². The molecule has 2 aromatic rings. The van der Waals surface area contributed by atoms with Gasteiger partial charge in [-0.2, -0.15) is 13.2 Å². The van der Waals surface area contributed by atoms with Crippen LogP contribution in [0.1, 0.15) is 53.6 Å². The van der Waals surface area contributed by atoms with Crippen LogP contribution in [-0.2, 0) is 17.5 Å². The molecule has 2 fully saturated rings. The second-order valence-electron chi connectivity index (χ2n) is 9.63. The third-order valence-electron chi connectivity index (χ3n) is 7.06. The molecule has 36 heavy (non-hydrogen) atoms. The van der Waals surface area contributed by atoms with Gasteiger partial charge in [0.1, 0.15) is 0 Å². The highest BCUT2D eigenvalue weighted by atomic mass is 19.4. The van der Waals surface area contributed by atoms with Gasteiger partial charge >= 0.3 is 6.18 Å². The molecule has 2 aliphatic rings. The molecule has 0 radical (unpaired) electrons. The Morgan fingerprint density at radius 2 is 1.75 bits per heavy atom. The average Bonchev–Trinajstić information content (AvgIpc) is 3.34. The van der Waals surface area contributed by atoms with Crippen molar-refractivity contribution in [1.29, 1.82) is 0 Å². The molecule has 9 heteroatoms. The summed E-state index contributed by atoms with van der Waals surface area (Å²) >= 11 is 0. The van der Waals surface area contributed by atoms with Crippen molar-refractivity contribution >= 4 is 11.8 Å². The van der Waals surface area contributed by atoms with E-state index in [1.165, 1.54) is 30.5 Å². The summed E-state index contributed by atoms with van der Waals surface area (Å²) in [5.74, 6) is -1.05. The van der Waals surface area contributed by atoms with E-state index < -0.39 is 17.6 Å². The summed E-state index contributed by atoms with van der Waals surface area (Å²) in [6.07, 6.45) is 0.963. The van der Waals surface area contributed by atoms with Crippen molar-refractivity contribution < 1.29 is 22.8 Å². The summed E-state index contributed by atoms with van der Waals surface area (Å²) in [5.41, 5.74) is 0.237. The van der Waals surface area contributed by atoms with Crippen molar-refractivity contribution in [3.8, 4) is 0 Å². The average molecular weight is 503 g/mol. The number of carbonyl (C=O) groups is 2. The number of nitrogens with one attached hydrogen (secondary N) is 3. The summed E-state index contributed by atoms with van der Waals surface area (Å²) < 4.78 is 38.6. The Labute approximate surface area is 209 Å². The van der Waals surface area contributed by atoms with Crippen molar-refractivity contribution in [3.05, 3.63) is 71.3 Å². The fourth-order valence-corrected chi connectivity index (χ4v) is 5.22. The maximum Gasteiger partial charge on any atom is 0.416 e. The van der Waals surface area contributed by atoms with Crippen molar-refractivity contribution in [2.24, 2.45) is 0 Å². The van der Waals surface area contributed by atoms with Gasteiger partial charge in [0.2, 0.25) is 5.91 Å². The predicted molar refractivity (Wildman–Crippen MR) is 131 cm³/mol. The molecule has 3 N–H and O–H groups in total. The molecular weight excluding hydrogens is 469 g/mol. The molecule has 1 aliphatic heterocycles. The molecule has 194 valence electrons. The van der Waals surface area contributed by atoms with E-state index in [9.17, 15) is 22.8 Å². The predicted octanol–water partition coefficient (Wildman–Crippen LogP) is 3.73. The monoisotopic (exact) mass is 502 g/mol. The van der Waals surface area contributed by atoms with Gasteiger partial charge in [0.05, 0.1) is 12.1 Å². The van der Waals surface area contributed by atoms with Crippen LogP contribution in [0.25, 0.3) is 0 Å². The van der Waals surface area contributed by atoms with Crippen LogP contribution in [0.4, 0.5) is 13.2 Å². The quantitative estimate of drug-likeness (QED) is 0.515. The van der Waals surface area contributed by atoms with E-state index in [-0.39, 0.29) is 24.1 Å². The molecule has 2 amide bonds. The standard InChI is InChI=1S/C27H33F3N4O2/c28-27(29,30)21-10-6-9-20(15-21)26(36)32-17-25(35)33-22-13-14-34(18-22)24-12-5-4-11-23(24)31-16-19-7-2-1-3-8-19/h1-3,6-10,15,22-24,31H,4-5,11-14,16-18H2,(H,32,36)(H,33,35). The molecule has 0 aromatic heterocycles. The summed E-state index contributed by atoms with van der Waals surface area (Å²) in [4.78, 5) is 27.1. The minimum absolute atomic E-state index is 0.0142. The van der Waals surface area contributed by atoms with Crippen LogP contribution < -0.4 is 16.0 Å². The van der Waals surface area contributed by atoms with Gasteiger partial charge in [-0.15, -0.1) is 0 Å². The lowest BCUT2D eigenvalue weighted by Crippen LogP contribution is -2.52. The van der Waals surface area contributed by atoms with E-state index in [0.717, 1.165) is 51.0 Å². The highest BCUT2D eigenvalue weighted by molar-refractivity contribution is 5.96. The highest BCUT2D eigenvalue weighted by Gasteiger charge is 2.35. The molecular formula is C27H33F3N4O2. The summed E-state index contributed by atoms with van der Waals surface area (Å²) in [6, 6.07) is 15.3. The zero-order valence-corrected chi connectivity index (χ0v) is 20.2. The number of amides is 2. The van der Waals surface area contributed by atoms with E-state index >= 15 is 0 Å². The second kappa shape index (κ2) is 11.9. The molecule has 1 aliphatic carbocycles. The topological polar surface area (TPSA) is 73.5 Å². The minimum atomic E-state index is -4.53. The first-order valence-corrected chi connectivity index (χ1v) is 12.6. The lowest BCUT2D eigenvalue weighted by molar-refractivity contribution is -0.137. The zero-order chi connectivity index (χ0) is 25.5. The number of rotatable bonds is 8. The number of hydrogen-bond acceptors (Lipinski definition) is 4. The number of halogens is 3. The van der Waals surface area contributed by atoms with Gasteiger partial charge in [-0.3, -0.25) is 14.5 Å². The van der Waals surface area contributed by atoms with E-state index in [1.807, 2.05) is 18.2 Å². The van der Waals surface area contributed by atoms with Gasteiger partial charge in [0.15, 0.2) is 0 Å². The number of benzene rings is 2. The Hall–Kier alpha value is -2.91. The number of likely N-dealkylation sites (tertiary alicyclic amines) is 1. The zero-order valence-electron chi connectivity index (χ0n) is 20.2. The van der Waals surface area contributed by atoms with E-state index in [4.69, 9.17) is 0 Å². The Morgan fingerprint density at radius 1 is 0.972 bits per heavy atom. The molecule has 6 nitrogen and oxygen atoms in total. The number of alkyl halides is 3. The number of carbonyl (C=O) groups excluding carboxylic acids is 2. The summed E-state index contributed by atoms with van der Waals surface area (Å²) in [7, 11) is 0. The molecule has 3 unspecified atom stereocenters. The van der Waals surface area contributed by atoms with Crippen LogP contribution in [-0.4, -0.2) is 54.5 Å². The van der Waals surface area contributed by atoms with Crippen LogP contribution in [0.3, 0.4) is 0 Å². The van der Waals surface area contributed by atoms with Crippen LogP contribution >= 0.6 is 0 Å². The van der Waals surface area contributed by atoms with Gasteiger partial charge in [0.25, 0.3) is 5.91 Å². The molecule has 1 saturated heterocycles. The van der Waals surface area contributed by atoms with Crippen molar-refractivity contribution in [1.82, 2.24) is 20.9 Å². The van der Waals surface area contributed by atoms with E-state index in [1.54, 1.807) is 0 Å². The molecule has 1 heterocycles. The number of nitrogens with zero attached hydrogens (tertiary/aromatic N) is 1. The van der Waals surface area contributed by atoms with Gasteiger partial charge in [-0.25, -0.2) is 0 Å². The molecule has 0 bridgehead atoms. The van der Waals surface area contributed by atoms with Gasteiger partial charge in [-0.1, -0.05) is 49.2 Å².